The summed E-state index contributed by atoms with van der Waals surface area (Å²) in [6, 6.07) is 3.31. The number of imide groups is 1. The van der Waals surface area contributed by atoms with Crippen molar-refractivity contribution >= 4 is 23.3 Å². The highest BCUT2D eigenvalue weighted by Gasteiger charge is 2.51. The van der Waals surface area contributed by atoms with E-state index in [4.69, 9.17) is 5.73 Å². The van der Waals surface area contributed by atoms with Gasteiger partial charge < -0.3 is 5.73 Å². The average molecular weight is 273 g/mol. The molecule has 20 heavy (non-hydrogen) atoms. The Bertz CT molecular complexity index is 531. The maximum atomic E-state index is 12.8. The molecule has 1 saturated heterocycles. The first kappa shape index (κ1) is 13.1. The van der Waals surface area contributed by atoms with Gasteiger partial charge in [0.05, 0.1) is 17.3 Å². The summed E-state index contributed by atoms with van der Waals surface area (Å²) in [6.07, 6.45) is 7.89. The second-order valence-corrected chi connectivity index (χ2v) is 5.85. The fourth-order valence-corrected chi connectivity index (χ4v) is 3.38. The molecular formula is C15H19N3O2. The predicted octanol–water partition coefficient (Wildman–Crippen LogP) is 2.27. The Hall–Kier alpha value is -1.91. The number of aromatic nitrogens is 1. The van der Waals surface area contributed by atoms with Gasteiger partial charge in [-0.3, -0.25) is 9.59 Å². The van der Waals surface area contributed by atoms with E-state index in [1.54, 1.807) is 12.1 Å². The van der Waals surface area contributed by atoms with Crippen LogP contribution in [0.2, 0.25) is 0 Å². The molecule has 1 aliphatic heterocycles. The van der Waals surface area contributed by atoms with Gasteiger partial charge in [0.1, 0.15) is 5.82 Å². The number of hydrogen-bond donors (Lipinski definition) is 1. The topological polar surface area (TPSA) is 76.3 Å². The van der Waals surface area contributed by atoms with Gasteiger partial charge in [0.15, 0.2) is 0 Å². The Balaban J connectivity index is 1.91. The number of hydrogen-bond acceptors (Lipinski definition) is 4. The van der Waals surface area contributed by atoms with E-state index >= 15 is 0 Å². The van der Waals surface area contributed by atoms with Gasteiger partial charge in [0, 0.05) is 6.42 Å². The molecule has 1 spiro atoms. The SMILES string of the molecule is Nc1ccc(N2C(=O)CC3(CCCCCC3)C2=O)cn1. The number of carbonyl (C=O) groups is 2. The van der Waals surface area contributed by atoms with E-state index in [0.29, 0.717) is 17.9 Å². The number of nitrogen functional groups attached to an aromatic ring is 1. The highest BCUT2D eigenvalue weighted by Crippen LogP contribution is 2.45. The van der Waals surface area contributed by atoms with Gasteiger partial charge in [-0.05, 0) is 25.0 Å². The molecule has 2 fully saturated rings. The van der Waals surface area contributed by atoms with Crippen LogP contribution >= 0.6 is 0 Å². The summed E-state index contributed by atoms with van der Waals surface area (Å²) in [4.78, 5) is 30.4. The quantitative estimate of drug-likeness (QED) is 0.796. The lowest BCUT2D eigenvalue weighted by molar-refractivity contribution is -0.126. The molecule has 2 heterocycles. The molecule has 0 unspecified atom stereocenters. The third-order valence-electron chi connectivity index (χ3n) is 4.49. The van der Waals surface area contributed by atoms with Gasteiger partial charge in [-0.25, -0.2) is 9.88 Å². The highest BCUT2D eigenvalue weighted by atomic mass is 16.2. The minimum atomic E-state index is -0.463. The van der Waals surface area contributed by atoms with Crippen molar-refractivity contribution in [2.24, 2.45) is 5.41 Å². The third kappa shape index (κ3) is 2.07. The molecule has 0 radical (unpaired) electrons. The van der Waals surface area contributed by atoms with Crippen molar-refractivity contribution in [1.82, 2.24) is 4.98 Å². The van der Waals surface area contributed by atoms with Crippen molar-refractivity contribution in [1.29, 1.82) is 0 Å². The predicted molar refractivity (Wildman–Crippen MR) is 75.9 cm³/mol. The third-order valence-corrected chi connectivity index (χ3v) is 4.49. The van der Waals surface area contributed by atoms with E-state index in [1.165, 1.54) is 11.1 Å². The van der Waals surface area contributed by atoms with E-state index in [-0.39, 0.29) is 11.8 Å². The average Bonchev–Trinajstić information content (AvgIpc) is 2.60. The second kappa shape index (κ2) is 4.89. The van der Waals surface area contributed by atoms with E-state index in [1.807, 2.05) is 0 Å². The standard InChI is InChI=1S/C15H19N3O2/c16-12-6-5-11(10-17-12)18-13(19)9-15(14(18)20)7-3-1-2-4-8-15/h5-6,10H,1-4,7-9H2,(H2,16,17). The van der Waals surface area contributed by atoms with Crippen LogP contribution < -0.4 is 10.6 Å². The van der Waals surface area contributed by atoms with Crippen LogP contribution in [0.15, 0.2) is 18.3 Å². The van der Waals surface area contributed by atoms with Gasteiger partial charge >= 0.3 is 0 Å². The summed E-state index contributed by atoms with van der Waals surface area (Å²) in [5, 5.41) is 0. The molecule has 2 amide bonds. The van der Waals surface area contributed by atoms with Gasteiger partial charge in [-0.2, -0.15) is 0 Å². The van der Waals surface area contributed by atoms with Crippen molar-refractivity contribution in [3.63, 3.8) is 0 Å². The van der Waals surface area contributed by atoms with Gasteiger partial charge in [0.2, 0.25) is 11.8 Å². The minimum absolute atomic E-state index is 0.0454. The number of carbonyl (C=O) groups excluding carboxylic acids is 2. The number of anilines is 2. The Morgan fingerprint density at radius 1 is 1.10 bits per heavy atom. The molecule has 1 saturated carbocycles. The number of nitrogens with zero attached hydrogens (tertiary/aromatic N) is 2. The molecule has 0 aromatic carbocycles. The number of pyridine rings is 1. The summed E-state index contributed by atoms with van der Waals surface area (Å²) in [5.41, 5.74) is 5.63. The molecular weight excluding hydrogens is 254 g/mol. The maximum Gasteiger partial charge on any atom is 0.240 e. The Morgan fingerprint density at radius 2 is 1.80 bits per heavy atom. The van der Waals surface area contributed by atoms with Crippen molar-refractivity contribution in [2.75, 3.05) is 10.6 Å². The largest absolute Gasteiger partial charge is 0.384 e. The summed E-state index contributed by atoms with van der Waals surface area (Å²) >= 11 is 0. The zero-order valence-electron chi connectivity index (χ0n) is 11.5. The lowest BCUT2D eigenvalue weighted by atomic mass is 9.79. The fourth-order valence-electron chi connectivity index (χ4n) is 3.38. The van der Waals surface area contributed by atoms with Gasteiger partial charge in [-0.15, -0.1) is 0 Å². The molecule has 2 aliphatic rings. The summed E-state index contributed by atoms with van der Waals surface area (Å²) < 4.78 is 0. The molecule has 5 heteroatoms. The molecule has 1 aromatic heterocycles. The van der Waals surface area contributed by atoms with Crippen LogP contribution in [0.25, 0.3) is 0 Å². The Kier molecular flexibility index (Phi) is 3.20. The first-order valence-corrected chi connectivity index (χ1v) is 7.21. The molecule has 0 atom stereocenters. The van der Waals surface area contributed by atoms with Crippen LogP contribution in [0.4, 0.5) is 11.5 Å². The molecule has 0 bridgehead atoms. The van der Waals surface area contributed by atoms with E-state index in [0.717, 1.165) is 38.5 Å². The van der Waals surface area contributed by atoms with E-state index in [2.05, 4.69) is 4.98 Å². The lowest BCUT2D eigenvalue weighted by Gasteiger charge is -2.24. The van der Waals surface area contributed by atoms with Crippen LogP contribution in [0.5, 0.6) is 0 Å². The van der Waals surface area contributed by atoms with Gasteiger partial charge in [-0.1, -0.05) is 25.7 Å². The van der Waals surface area contributed by atoms with Crippen molar-refractivity contribution < 1.29 is 9.59 Å². The molecule has 2 N–H and O–H groups in total. The minimum Gasteiger partial charge on any atom is -0.384 e. The molecule has 106 valence electrons. The molecule has 1 aliphatic carbocycles. The smallest absolute Gasteiger partial charge is 0.240 e. The van der Waals surface area contributed by atoms with Crippen LogP contribution in [-0.2, 0) is 9.59 Å². The summed E-state index contributed by atoms with van der Waals surface area (Å²) in [5.74, 6) is 0.233. The maximum absolute atomic E-state index is 12.8. The number of amides is 2. The van der Waals surface area contributed by atoms with Crippen molar-refractivity contribution in [2.45, 2.75) is 44.9 Å². The molecule has 1 aromatic rings. The Morgan fingerprint density at radius 3 is 2.40 bits per heavy atom. The van der Waals surface area contributed by atoms with Crippen molar-refractivity contribution in [3.8, 4) is 0 Å². The zero-order valence-corrected chi connectivity index (χ0v) is 11.5. The number of nitrogens with two attached hydrogens (primary N) is 1. The number of rotatable bonds is 1. The van der Waals surface area contributed by atoms with Crippen LogP contribution in [0, 0.1) is 5.41 Å². The molecule has 5 nitrogen and oxygen atoms in total. The van der Waals surface area contributed by atoms with Crippen LogP contribution in [0.1, 0.15) is 44.9 Å². The summed E-state index contributed by atoms with van der Waals surface area (Å²) in [7, 11) is 0. The van der Waals surface area contributed by atoms with Crippen LogP contribution in [-0.4, -0.2) is 16.8 Å². The normalized spacial score (nSPS) is 22.3. The van der Waals surface area contributed by atoms with E-state index in [9.17, 15) is 9.59 Å². The highest BCUT2D eigenvalue weighted by molar-refractivity contribution is 6.22. The molecule has 3 rings (SSSR count). The van der Waals surface area contributed by atoms with E-state index < -0.39 is 5.41 Å². The monoisotopic (exact) mass is 273 g/mol. The fraction of sp³-hybridized carbons (Fsp3) is 0.533. The lowest BCUT2D eigenvalue weighted by Crippen LogP contribution is -2.35. The second-order valence-electron chi connectivity index (χ2n) is 5.85. The van der Waals surface area contributed by atoms with Crippen LogP contribution in [0.3, 0.4) is 0 Å². The first-order valence-electron chi connectivity index (χ1n) is 7.21. The first-order chi connectivity index (χ1) is 9.62. The zero-order chi connectivity index (χ0) is 14.2. The summed E-state index contributed by atoms with van der Waals surface area (Å²) in [6.45, 7) is 0. The van der Waals surface area contributed by atoms with Gasteiger partial charge in [0.25, 0.3) is 0 Å². The van der Waals surface area contributed by atoms with Crippen molar-refractivity contribution in [3.05, 3.63) is 18.3 Å². The Labute approximate surface area is 118 Å².